The molecule has 3 rings (SSSR count). The van der Waals surface area contributed by atoms with Crippen molar-refractivity contribution in [3.63, 3.8) is 0 Å². The first-order chi connectivity index (χ1) is 15.3. The van der Waals surface area contributed by atoms with Crippen LogP contribution in [0.5, 0.6) is 0 Å². The third-order valence-electron chi connectivity index (χ3n) is 4.61. The highest BCUT2D eigenvalue weighted by molar-refractivity contribution is 8.33. The summed E-state index contributed by atoms with van der Waals surface area (Å²) in [6.45, 7) is 1.73. The van der Waals surface area contributed by atoms with Gasteiger partial charge in [0.1, 0.15) is 0 Å². The Hall–Kier alpha value is -2.50. The summed E-state index contributed by atoms with van der Waals surface area (Å²) in [6, 6.07) is 20.8. The van der Waals surface area contributed by atoms with E-state index in [9.17, 15) is 34.8 Å². The molecule has 0 aliphatic carbocycles. The van der Waals surface area contributed by atoms with E-state index >= 15 is 0 Å². The normalized spacial score (nSPS) is 14.6. The maximum atomic E-state index is 14.4. The van der Waals surface area contributed by atoms with Gasteiger partial charge in [-0.3, -0.25) is 0 Å². The maximum Gasteiger partial charge on any atom is 0.426 e. The van der Waals surface area contributed by atoms with Crippen molar-refractivity contribution in [2.24, 2.45) is 0 Å². The Balaban J connectivity index is 2.33. The first-order valence-electron chi connectivity index (χ1n) is 9.37. The zero-order valence-electron chi connectivity index (χ0n) is 17.0. The second kappa shape index (κ2) is 9.03. The molecule has 0 aromatic heterocycles. The van der Waals surface area contributed by atoms with E-state index in [2.05, 4.69) is 0 Å². The number of rotatable bonds is 7. The number of benzene rings is 3. The Labute approximate surface area is 188 Å². The van der Waals surface area contributed by atoms with Gasteiger partial charge in [0.25, 0.3) is 6.17 Å². The van der Waals surface area contributed by atoms with E-state index in [1.54, 1.807) is 31.2 Å². The Kier molecular flexibility index (Phi) is 6.88. The van der Waals surface area contributed by atoms with Crippen molar-refractivity contribution in [3.8, 4) is 0 Å². The Morgan fingerprint density at radius 1 is 0.697 bits per heavy atom. The summed E-state index contributed by atoms with van der Waals surface area (Å²) >= 11 is 0. The van der Waals surface area contributed by atoms with Gasteiger partial charge in [0.15, 0.2) is 0 Å². The molecule has 3 nitrogen and oxygen atoms in total. The van der Waals surface area contributed by atoms with Crippen molar-refractivity contribution >= 4 is 20.4 Å². The van der Waals surface area contributed by atoms with Gasteiger partial charge in [-0.25, -0.2) is 8.02 Å². The summed E-state index contributed by atoms with van der Waals surface area (Å²) in [5, 5.41) is -5.89. The molecule has 0 saturated heterocycles. The molecule has 0 bridgehead atoms. The quantitative estimate of drug-likeness (QED) is 0.322. The van der Waals surface area contributed by atoms with E-state index in [0.29, 0.717) is 0 Å². The lowest BCUT2D eigenvalue weighted by Gasteiger charge is -2.40. The van der Waals surface area contributed by atoms with Crippen molar-refractivity contribution in [1.29, 1.82) is 0 Å². The highest BCUT2D eigenvalue weighted by Crippen LogP contribution is 2.70. The minimum atomic E-state index is -6.45. The molecular weight excluding hydrogens is 490 g/mol. The van der Waals surface area contributed by atoms with Crippen molar-refractivity contribution < 1.29 is 38.4 Å². The molecule has 1 atom stereocenters. The average Bonchev–Trinajstić information content (AvgIpc) is 2.78. The molecule has 0 fully saturated rings. The molecule has 0 N–H and O–H groups in total. The molecule has 0 aliphatic heterocycles. The Morgan fingerprint density at radius 3 is 1.48 bits per heavy atom. The molecular formula is C22H18F6O3S2. The lowest BCUT2D eigenvalue weighted by molar-refractivity contribution is -0.222. The van der Waals surface area contributed by atoms with E-state index in [-0.39, 0.29) is 14.7 Å². The van der Waals surface area contributed by atoms with Crippen LogP contribution in [0.1, 0.15) is 5.56 Å². The summed E-state index contributed by atoms with van der Waals surface area (Å²) in [7, 11) is -10.0. The van der Waals surface area contributed by atoms with Gasteiger partial charge in [-0.15, -0.1) is 0 Å². The van der Waals surface area contributed by atoms with Crippen LogP contribution < -0.4 is 0 Å². The summed E-state index contributed by atoms with van der Waals surface area (Å²) in [6.07, 6.45) is -11.1. The summed E-state index contributed by atoms with van der Waals surface area (Å²) < 4.78 is 111. The fourth-order valence-electron chi connectivity index (χ4n) is 2.98. The van der Waals surface area contributed by atoms with Crippen LogP contribution in [0.3, 0.4) is 0 Å². The van der Waals surface area contributed by atoms with Gasteiger partial charge in [0.2, 0.25) is 0 Å². The monoisotopic (exact) mass is 508 g/mol. The molecule has 0 radical (unpaired) electrons. The third kappa shape index (κ3) is 4.75. The fourth-order valence-corrected chi connectivity index (χ4v) is 8.16. The van der Waals surface area contributed by atoms with Crippen LogP contribution in [-0.4, -0.2) is 26.0 Å². The second-order valence-corrected chi connectivity index (χ2v) is 11.5. The lowest BCUT2D eigenvalue weighted by atomic mass is 10.2. The predicted octanol–water partition coefficient (Wildman–Crippen LogP) is 7.03. The second-order valence-electron chi connectivity index (χ2n) is 6.98. The van der Waals surface area contributed by atoms with E-state index in [1.165, 1.54) is 60.7 Å². The molecule has 3 aromatic carbocycles. The predicted molar refractivity (Wildman–Crippen MR) is 112 cm³/mol. The lowest BCUT2D eigenvalue weighted by Crippen LogP contribution is -2.48. The third-order valence-corrected chi connectivity index (χ3v) is 9.83. The van der Waals surface area contributed by atoms with Crippen LogP contribution in [0.25, 0.3) is 0 Å². The Bertz CT molecular complexity index is 1140. The molecule has 0 saturated carbocycles. The molecule has 0 spiro atoms. The van der Waals surface area contributed by atoms with Crippen LogP contribution >= 0.6 is 10.3 Å². The summed E-state index contributed by atoms with van der Waals surface area (Å²) in [5.41, 5.74) is 0.752. The Morgan fingerprint density at radius 2 is 1.09 bits per heavy atom. The number of hydrogen-bond acceptors (Lipinski definition) is 3. The molecule has 0 heterocycles. The van der Waals surface area contributed by atoms with Crippen LogP contribution in [0.15, 0.2) is 99.6 Å². The van der Waals surface area contributed by atoms with E-state index in [4.69, 9.17) is 3.63 Å². The molecule has 1 unspecified atom stereocenters. The van der Waals surface area contributed by atoms with E-state index in [1.807, 2.05) is 0 Å². The van der Waals surface area contributed by atoms with Crippen molar-refractivity contribution in [2.75, 3.05) is 0 Å². The zero-order valence-corrected chi connectivity index (χ0v) is 18.6. The largest absolute Gasteiger partial charge is 0.426 e. The van der Waals surface area contributed by atoms with Gasteiger partial charge in [-0.2, -0.15) is 30.4 Å². The minimum Gasteiger partial charge on any atom is -0.229 e. The molecule has 178 valence electrons. The van der Waals surface area contributed by atoms with Crippen LogP contribution in [0.2, 0.25) is 0 Å². The smallest absolute Gasteiger partial charge is 0.229 e. The van der Waals surface area contributed by atoms with Crippen LogP contribution in [0.4, 0.5) is 26.3 Å². The van der Waals surface area contributed by atoms with E-state index in [0.717, 1.165) is 5.56 Å². The van der Waals surface area contributed by atoms with E-state index < -0.39 is 38.0 Å². The topological polar surface area (TPSA) is 43.4 Å². The van der Waals surface area contributed by atoms with Crippen molar-refractivity contribution in [3.05, 3.63) is 90.5 Å². The van der Waals surface area contributed by atoms with Crippen LogP contribution in [0, 0.1) is 6.92 Å². The number of alkyl halides is 6. The standard InChI is InChI=1S/C22H18F6O3S2/c1-16-12-14-19(15-13-16)32(17-8-4-2-5-9-17,18-10-6-3-7-11-18)31-33(29,30)22(27,28)20(23)21(24,25)26/h2-15,20H,1H3. The van der Waals surface area contributed by atoms with Gasteiger partial charge < -0.3 is 0 Å². The summed E-state index contributed by atoms with van der Waals surface area (Å²) in [5.74, 6) is 0. The first-order valence-corrected chi connectivity index (χ1v) is 12.3. The van der Waals surface area contributed by atoms with Crippen LogP contribution in [-0.2, 0) is 13.7 Å². The minimum absolute atomic E-state index is 0.113. The zero-order chi connectivity index (χ0) is 24.5. The SMILES string of the molecule is Cc1ccc(S(OS(=O)(=O)C(F)(F)C(F)C(F)(F)F)(c2ccccc2)c2ccccc2)cc1. The highest BCUT2D eigenvalue weighted by atomic mass is 32.3. The average molecular weight is 509 g/mol. The maximum absolute atomic E-state index is 14.4. The van der Waals surface area contributed by atoms with Gasteiger partial charge in [-0.1, -0.05) is 54.1 Å². The van der Waals surface area contributed by atoms with Gasteiger partial charge in [0.05, 0.1) is 0 Å². The molecule has 33 heavy (non-hydrogen) atoms. The molecule has 0 amide bonds. The molecule has 0 aliphatic rings. The van der Waals surface area contributed by atoms with Gasteiger partial charge >= 0.3 is 21.5 Å². The number of aryl methyl sites for hydroxylation is 1. The number of hydrogen-bond donors (Lipinski definition) is 0. The highest BCUT2D eigenvalue weighted by Gasteiger charge is 2.66. The van der Waals surface area contributed by atoms with Crippen molar-refractivity contribution in [2.45, 2.75) is 39.2 Å². The molecule has 3 aromatic rings. The van der Waals surface area contributed by atoms with Crippen molar-refractivity contribution in [1.82, 2.24) is 0 Å². The summed E-state index contributed by atoms with van der Waals surface area (Å²) in [4.78, 5) is 0.344. The first kappa shape index (κ1) is 25.1. The van der Waals surface area contributed by atoms with Gasteiger partial charge in [0, 0.05) is 14.7 Å². The fraction of sp³-hybridized carbons (Fsp3) is 0.182. The molecule has 11 heteroatoms. The number of halogens is 6. The van der Waals surface area contributed by atoms with Gasteiger partial charge in [-0.05, 0) is 53.6 Å².